The Hall–Kier alpha value is -1.02. The van der Waals surface area contributed by atoms with E-state index in [4.69, 9.17) is 14.8 Å². The van der Waals surface area contributed by atoms with Crippen LogP contribution in [-0.4, -0.2) is 47.8 Å². The molecule has 0 saturated carbocycles. The predicted molar refractivity (Wildman–Crippen MR) is 208 cm³/mol. The molecule has 0 aromatic rings. The molecular weight excluding hydrogens is 635 g/mol. The second kappa shape index (κ2) is 36.8. The standard InChI is InChI=1S/C40H79N2O6P/c1-3-5-7-9-11-12-13-14-15-16-17-18-19-20-21-22-23-24-25-26-28-30-32-34-40(44)42-38(37-48-49(45,46)47-36-35-41)39(43)33-31-29-27-10-8-6-4-2/h8,10,31,33,38-39,43H,3-7,9,11-30,32,34-37,41H2,1-2H3,(H,42,44)(H,45,46)/b10-8+,33-31+. The molecule has 0 fully saturated rings. The average molecular weight is 715 g/mol. The number of phosphoric ester groups is 1. The molecule has 49 heavy (non-hydrogen) atoms. The van der Waals surface area contributed by atoms with E-state index in [-0.39, 0.29) is 25.7 Å². The highest BCUT2D eigenvalue weighted by Crippen LogP contribution is 2.43. The number of rotatable bonds is 38. The summed E-state index contributed by atoms with van der Waals surface area (Å²) in [6, 6.07) is -0.870. The second-order valence-corrected chi connectivity index (χ2v) is 15.3. The first-order chi connectivity index (χ1) is 23.9. The molecule has 5 N–H and O–H groups in total. The van der Waals surface area contributed by atoms with Crippen LogP contribution in [0, 0.1) is 0 Å². The van der Waals surface area contributed by atoms with Crippen molar-refractivity contribution in [3.8, 4) is 0 Å². The van der Waals surface area contributed by atoms with Crippen LogP contribution in [0.5, 0.6) is 0 Å². The van der Waals surface area contributed by atoms with Gasteiger partial charge in [-0.15, -0.1) is 0 Å². The van der Waals surface area contributed by atoms with Crippen LogP contribution < -0.4 is 11.1 Å². The van der Waals surface area contributed by atoms with Crippen LogP contribution in [0.4, 0.5) is 0 Å². The molecule has 0 radical (unpaired) electrons. The van der Waals surface area contributed by atoms with E-state index in [0.29, 0.717) is 6.42 Å². The molecule has 0 bridgehead atoms. The Morgan fingerprint density at radius 1 is 0.653 bits per heavy atom. The molecule has 0 aromatic carbocycles. The van der Waals surface area contributed by atoms with Crippen LogP contribution in [0.1, 0.15) is 194 Å². The molecule has 0 saturated heterocycles. The number of aliphatic hydroxyl groups excluding tert-OH is 1. The Labute approximate surface area is 302 Å². The van der Waals surface area contributed by atoms with Gasteiger partial charge in [-0.05, 0) is 25.7 Å². The Kier molecular flexibility index (Phi) is 36.0. The van der Waals surface area contributed by atoms with Crippen LogP contribution in [0.15, 0.2) is 24.3 Å². The minimum Gasteiger partial charge on any atom is -0.387 e. The molecule has 0 aliphatic heterocycles. The van der Waals surface area contributed by atoms with E-state index in [2.05, 4.69) is 31.3 Å². The summed E-state index contributed by atoms with van der Waals surface area (Å²) < 4.78 is 21.9. The highest BCUT2D eigenvalue weighted by atomic mass is 31.2. The molecule has 1 amide bonds. The van der Waals surface area contributed by atoms with Crippen molar-refractivity contribution < 1.29 is 28.4 Å². The lowest BCUT2D eigenvalue weighted by Crippen LogP contribution is -2.45. The lowest BCUT2D eigenvalue weighted by atomic mass is 10.0. The van der Waals surface area contributed by atoms with Gasteiger partial charge in [0.25, 0.3) is 0 Å². The van der Waals surface area contributed by atoms with Gasteiger partial charge in [-0.3, -0.25) is 13.8 Å². The third-order valence-electron chi connectivity index (χ3n) is 9.01. The van der Waals surface area contributed by atoms with Gasteiger partial charge in [-0.1, -0.05) is 186 Å². The van der Waals surface area contributed by atoms with E-state index in [1.807, 2.05) is 6.08 Å². The number of hydrogen-bond donors (Lipinski definition) is 4. The van der Waals surface area contributed by atoms with Crippen molar-refractivity contribution in [1.29, 1.82) is 0 Å². The third kappa shape index (κ3) is 35.2. The Bertz CT molecular complexity index is 825. The minimum absolute atomic E-state index is 0.0751. The first kappa shape index (κ1) is 48.0. The Balaban J connectivity index is 3.95. The van der Waals surface area contributed by atoms with Gasteiger partial charge in [0.05, 0.1) is 25.4 Å². The number of allylic oxidation sites excluding steroid dienone is 3. The molecule has 3 atom stereocenters. The number of carbonyl (C=O) groups excluding carboxylic acids is 1. The Morgan fingerprint density at radius 3 is 1.53 bits per heavy atom. The van der Waals surface area contributed by atoms with E-state index in [1.165, 1.54) is 128 Å². The van der Waals surface area contributed by atoms with Gasteiger partial charge in [0.1, 0.15) is 0 Å². The number of hydrogen-bond acceptors (Lipinski definition) is 6. The first-order valence-corrected chi connectivity index (χ1v) is 22.0. The summed E-state index contributed by atoms with van der Waals surface area (Å²) in [5.74, 6) is -0.206. The van der Waals surface area contributed by atoms with Crippen molar-refractivity contribution in [3.63, 3.8) is 0 Å². The number of nitrogens with one attached hydrogen (secondary N) is 1. The lowest BCUT2D eigenvalue weighted by molar-refractivity contribution is -0.123. The highest BCUT2D eigenvalue weighted by Gasteiger charge is 2.26. The molecule has 9 heteroatoms. The number of amides is 1. The normalized spacial score (nSPS) is 14.5. The fourth-order valence-electron chi connectivity index (χ4n) is 5.92. The SMILES string of the molecule is CCC/C=C/CC/C=C/C(O)C(COP(=O)(O)OCCN)NC(=O)CCCCCCCCCCCCCCCCCCCCCCCCC. The van der Waals surface area contributed by atoms with Crippen molar-refractivity contribution in [2.24, 2.45) is 5.73 Å². The summed E-state index contributed by atoms with van der Waals surface area (Å²) in [7, 11) is -4.33. The molecular formula is C40H79N2O6P. The maximum Gasteiger partial charge on any atom is 0.472 e. The van der Waals surface area contributed by atoms with Gasteiger partial charge in [0, 0.05) is 13.0 Å². The highest BCUT2D eigenvalue weighted by molar-refractivity contribution is 7.47. The van der Waals surface area contributed by atoms with E-state index in [0.717, 1.165) is 44.9 Å². The van der Waals surface area contributed by atoms with Gasteiger partial charge in [-0.25, -0.2) is 4.57 Å². The van der Waals surface area contributed by atoms with Gasteiger partial charge in [-0.2, -0.15) is 0 Å². The van der Waals surface area contributed by atoms with Crippen LogP contribution in [0.2, 0.25) is 0 Å². The smallest absolute Gasteiger partial charge is 0.387 e. The van der Waals surface area contributed by atoms with Gasteiger partial charge < -0.3 is 21.1 Å². The topological polar surface area (TPSA) is 131 Å². The molecule has 0 spiro atoms. The number of nitrogens with two attached hydrogens (primary N) is 1. The second-order valence-electron chi connectivity index (χ2n) is 13.8. The molecule has 0 heterocycles. The summed E-state index contributed by atoms with van der Waals surface area (Å²) in [5.41, 5.74) is 5.34. The summed E-state index contributed by atoms with van der Waals surface area (Å²) in [6.07, 6.45) is 41.3. The number of aliphatic hydroxyl groups is 1. The van der Waals surface area contributed by atoms with Crippen molar-refractivity contribution in [3.05, 3.63) is 24.3 Å². The fourth-order valence-corrected chi connectivity index (χ4v) is 6.68. The van der Waals surface area contributed by atoms with Gasteiger partial charge in [0.15, 0.2) is 0 Å². The van der Waals surface area contributed by atoms with Crippen LogP contribution in [-0.2, 0) is 18.4 Å². The maximum atomic E-state index is 12.7. The van der Waals surface area contributed by atoms with E-state index < -0.39 is 20.0 Å². The Morgan fingerprint density at radius 2 is 1.08 bits per heavy atom. The molecule has 0 rings (SSSR count). The maximum absolute atomic E-state index is 12.7. The third-order valence-corrected chi connectivity index (χ3v) is 10.00. The van der Waals surface area contributed by atoms with Gasteiger partial charge in [0.2, 0.25) is 5.91 Å². The fraction of sp³-hybridized carbons (Fsp3) is 0.875. The number of phosphoric acid groups is 1. The lowest BCUT2D eigenvalue weighted by Gasteiger charge is -2.23. The van der Waals surface area contributed by atoms with Crippen LogP contribution in [0.3, 0.4) is 0 Å². The zero-order chi connectivity index (χ0) is 36.1. The quantitative estimate of drug-likeness (QED) is 0.0284. The summed E-state index contributed by atoms with van der Waals surface area (Å²) in [4.78, 5) is 22.5. The molecule has 0 aliphatic carbocycles. The molecule has 0 aromatic heterocycles. The van der Waals surface area contributed by atoms with E-state index in [1.54, 1.807) is 6.08 Å². The minimum atomic E-state index is -4.33. The average Bonchev–Trinajstić information content (AvgIpc) is 3.09. The van der Waals surface area contributed by atoms with Crippen molar-refractivity contribution in [2.75, 3.05) is 19.8 Å². The van der Waals surface area contributed by atoms with E-state index >= 15 is 0 Å². The van der Waals surface area contributed by atoms with Crippen molar-refractivity contribution >= 4 is 13.7 Å². The largest absolute Gasteiger partial charge is 0.472 e. The number of unbranched alkanes of at least 4 members (excludes halogenated alkanes) is 24. The van der Waals surface area contributed by atoms with Crippen molar-refractivity contribution in [1.82, 2.24) is 5.32 Å². The van der Waals surface area contributed by atoms with Gasteiger partial charge >= 0.3 is 7.82 Å². The summed E-state index contributed by atoms with van der Waals surface area (Å²) >= 11 is 0. The van der Waals surface area contributed by atoms with Crippen LogP contribution >= 0.6 is 7.82 Å². The molecule has 3 unspecified atom stereocenters. The van der Waals surface area contributed by atoms with Crippen molar-refractivity contribution in [2.45, 2.75) is 206 Å². The molecule has 290 valence electrons. The zero-order valence-corrected chi connectivity index (χ0v) is 32.8. The first-order valence-electron chi connectivity index (χ1n) is 20.5. The summed E-state index contributed by atoms with van der Waals surface area (Å²) in [6.45, 7) is 4.01. The van der Waals surface area contributed by atoms with E-state index in [9.17, 15) is 19.4 Å². The zero-order valence-electron chi connectivity index (χ0n) is 31.9. The molecule has 8 nitrogen and oxygen atoms in total. The number of carbonyl (C=O) groups is 1. The molecule has 0 aliphatic rings. The van der Waals surface area contributed by atoms with Crippen LogP contribution in [0.25, 0.3) is 0 Å². The summed E-state index contributed by atoms with van der Waals surface area (Å²) in [5, 5.41) is 13.5. The monoisotopic (exact) mass is 715 g/mol. The predicted octanol–water partition coefficient (Wildman–Crippen LogP) is 11.0.